The summed E-state index contributed by atoms with van der Waals surface area (Å²) in [6.07, 6.45) is 0. The lowest BCUT2D eigenvalue weighted by molar-refractivity contribution is 0.1000. The van der Waals surface area contributed by atoms with Gasteiger partial charge in [-0.05, 0) is 25.0 Å². The predicted octanol–water partition coefficient (Wildman–Crippen LogP) is 2.32. The second kappa shape index (κ2) is 6.52. The number of nitrogens with one attached hydrogen (secondary N) is 1. The van der Waals surface area contributed by atoms with Gasteiger partial charge in [0.2, 0.25) is 5.91 Å². The predicted molar refractivity (Wildman–Crippen MR) is 73.8 cm³/mol. The highest BCUT2D eigenvalue weighted by molar-refractivity contribution is 5.94. The largest absolute Gasteiger partial charge is 0.383 e. The van der Waals surface area contributed by atoms with Gasteiger partial charge in [-0.2, -0.15) is 0 Å². The van der Waals surface area contributed by atoms with Gasteiger partial charge in [-0.15, -0.1) is 0 Å². The molecule has 0 aliphatic carbocycles. The zero-order chi connectivity index (χ0) is 14.6. The van der Waals surface area contributed by atoms with Gasteiger partial charge in [0.25, 0.3) is 0 Å². The molecule has 0 fully saturated rings. The van der Waals surface area contributed by atoms with Gasteiger partial charge in [0.05, 0.1) is 12.6 Å². The number of hydrogen-bond donors (Lipinski definition) is 2. The van der Waals surface area contributed by atoms with Crippen LogP contribution in [-0.4, -0.2) is 25.7 Å². The minimum absolute atomic E-state index is 0.0335. The summed E-state index contributed by atoms with van der Waals surface area (Å²) < 4.78 is 18.9. The molecule has 0 saturated heterocycles. The molecule has 0 aliphatic heterocycles. The maximum atomic E-state index is 13.8. The molecule has 1 unspecified atom stereocenters. The number of rotatable bonds is 6. The monoisotopic (exact) mass is 268 g/mol. The minimum Gasteiger partial charge on any atom is -0.383 e. The Morgan fingerprint density at radius 1 is 1.47 bits per heavy atom. The fraction of sp³-hybridized carbons (Fsp3) is 0.500. The normalized spacial score (nSPS) is 12.5. The molecule has 0 bridgehead atoms. The molecule has 0 saturated carbocycles. The van der Waals surface area contributed by atoms with Crippen LogP contribution in [0.3, 0.4) is 0 Å². The molecule has 0 aromatic heterocycles. The molecule has 0 heterocycles. The molecule has 4 nitrogen and oxygen atoms in total. The van der Waals surface area contributed by atoms with Crippen molar-refractivity contribution in [2.24, 2.45) is 11.7 Å². The second-order valence-electron chi connectivity index (χ2n) is 4.95. The zero-order valence-electron chi connectivity index (χ0n) is 11.8. The van der Waals surface area contributed by atoms with E-state index in [0.717, 1.165) is 6.07 Å². The lowest BCUT2D eigenvalue weighted by atomic mass is 10.0. The fourth-order valence-electron chi connectivity index (χ4n) is 1.75. The molecule has 1 atom stereocenters. The Hall–Kier alpha value is -1.62. The van der Waals surface area contributed by atoms with Crippen LogP contribution in [0.1, 0.15) is 29.8 Å². The summed E-state index contributed by atoms with van der Waals surface area (Å²) in [5, 5.41) is 3.21. The number of amides is 1. The molecule has 0 spiro atoms. The zero-order valence-corrected chi connectivity index (χ0v) is 11.8. The van der Waals surface area contributed by atoms with Crippen molar-refractivity contribution in [3.8, 4) is 0 Å². The number of halogens is 1. The summed E-state index contributed by atoms with van der Waals surface area (Å²) in [5.74, 6) is -0.784. The minimum atomic E-state index is -0.644. The first-order chi connectivity index (χ1) is 8.86. The number of anilines is 1. The van der Waals surface area contributed by atoms with E-state index in [2.05, 4.69) is 5.32 Å². The molecular formula is C14H21FN2O2. The van der Waals surface area contributed by atoms with Crippen molar-refractivity contribution in [1.29, 1.82) is 0 Å². The van der Waals surface area contributed by atoms with Crippen LogP contribution in [0.15, 0.2) is 12.1 Å². The first-order valence-electron chi connectivity index (χ1n) is 6.22. The SMILES string of the molecule is COCC(Nc1cc(C(N)=O)cc(F)c1C)C(C)C. The average Bonchev–Trinajstić information content (AvgIpc) is 2.33. The van der Waals surface area contributed by atoms with Gasteiger partial charge in [-0.3, -0.25) is 4.79 Å². The number of carbonyl (C=O) groups is 1. The highest BCUT2D eigenvalue weighted by Gasteiger charge is 2.16. The standard InChI is InChI=1S/C14H21FN2O2/c1-8(2)13(7-19-4)17-12-6-10(14(16)18)5-11(15)9(12)3/h5-6,8,13,17H,7H2,1-4H3,(H2,16,18). The Morgan fingerprint density at radius 2 is 2.11 bits per heavy atom. The van der Waals surface area contributed by atoms with Crippen molar-refractivity contribution in [3.05, 3.63) is 29.1 Å². The number of hydrogen-bond acceptors (Lipinski definition) is 3. The summed E-state index contributed by atoms with van der Waals surface area (Å²) in [6.45, 7) is 6.24. The van der Waals surface area contributed by atoms with Crippen LogP contribution < -0.4 is 11.1 Å². The number of primary amides is 1. The molecule has 0 aliphatic rings. The highest BCUT2D eigenvalue weighted by Crippen LogP contribution is 2.23. The Kier molecular flexibility index (Phi) is 5.30. The molecule has 1 aromatic carbocycles. The number of carbonyl (C=O) groups excluding carboxylic acids is 1. The van der Waals surface area contributed by atoms with E-state index in [4.69, 9.17) is 10.5 Å². The summed E-state index contributed by atoms with van der Waals surface area (Å²) in [4.78, 5) is 11.2. The molecular weight excluding hydrogens is 247 g/mol. The average molecular weight is 268 g/mol. The van der Waals surface area contributed by atoms with Crippen LogP contribution in [-0.2, 0) is 4.74 Å². The van der Waals surface area contributed by atoms with Crippen molar-refractivity contribution < 1.29 is 13.9 Å². The summed E-state index contributed by atoms with van der Waals surface area (Å²) in [6, 6.07) is 2.77. The molecule has 19 heavy (non-hydrogen) atoms. The summed E-state index contributed by atoms with van der Waals surface area (Å²) >= 11 is 0. The molecule has 1 aromatic rings. The van der Waals surface area contributed by atoms with Crippen LogP contribution in [0.2, 0.25) is 0 Å². The number of nitrogens with two attached hydrogens (primary N) is 1. The van der Waals surface area contributed by atoms with E-state index in [1.54, 1.807) is 20.1 Å². The molecule has 5 heteroatoms. The number of benzene rings is 1. The quantitative estimate of drug-likeness (QED) is 0.832. The van der Waals surface area contributed by atoms with Gasteiger partial charge in [0, 0.05) is 23.9 Å². The van der Waals surface area contributed by atoms with Crippen LogP contribution in [0.5, 0.6) is 0 Å². The highest BCUT2D eigenvalue weighted by atomic mass is 19.1. The molecule has 0 radical (unpaired) electrons. The first kappa shape index (κ1) is 15.4. The van der Waals surface area contributed by atoms with Crippen molar-refractivity contribution in [2.45, 2.75) is 26.8 Å². The van der Waals surface area contributed by atoms with E-state index in [0.29, 0.717) is 23.8 Å². The van der Waals surface area contributed by atoms with Gasteiger partial charge in [-0.1, -0.05) is 13.8 Å². The third-order valence-corrected chi connectivity index (χ3v) is 3.12. The van der Waals surface area contributed by atoms with Crippen LogP contribution in [0.4, 0.5) is 10.1 Å². The van der Waals surface area contributed by atoms with E-state index in [9.17, 15) is 9.18 Å². The lowest BCUT2D eigenvalue weighted by Gasteiger charge is -2.24. The second-order valence-corrected chi connectivity index (χ2v) is 4.95. The van der Waals surface area contributed by atoms with E-state index in [1.165, 1.54) is 0 Å². The Balaban J connectivity index is 3.08. The fourth-order valence-corrected chi connectivity index (χ4v) is 1.75. The summed E-state index contributed by atoms with van der Waals surface area (Å²) in [5.41, 5.74) is 6.39. The topological polar surface area (TPSA) is 64.3 Å². The van der Waals surface area contributed by atoms with Crippen molar-refractivity contribution in [2.75, 3.05) is 19.0 Å². The van der Waals surface area contributed by atoms with Gasteiger partial charge in [0.1, 0.15) is 5.82 Å². The van der Waals surface area contributed by atoms with E-state index in [-0.39, 0.29) is 11.6 Å². The Bertz CT molecular complexity index is 461. The lowest BCUT2D eigenvalue weighted by Crippen LogP contribution is -2.31. The van der Waals surface area contributed by atoms with Gasteiger partial charge < -0.3 is 15.8 Å². The van der Waals surface area contributed by atoms with Crippen LogP contribution in [0, 0.1) is 18.7 Å². The van der Waals surface area contributed by atoms with Crippen molar-refractivity contribution in [1.82, 2.24) is 0 Å². The number of methoxy groups -OCH3 is 1. The molecule has 1 amide bonds. The van der Waals surface area contributed by atoms with E-state index >= 15 is 0 Å². The van der Waals surface area contributed by atoms with Gasteiger partial charge >= 0.3 is 0 Å². The Labute approximate surface area is 113 Å². The Morgan fingerprint density at radius 3 is 2.58 bits per heavy atom. The van der Waals surface area contributed by atoms with E-state index in [1.807, 2.05) is 13.8 Å². The van der Waals surface area contributed by atoms with Gasteiger partial charge in [-0.25, -0.2) is 4.39 Å². The molecule has 106 valence electrons. The molecule has 3 N–H and O–H groups in total. The molecule has 1 rings (SSSR count). The van der Waals surface area contributed by atoms with Crippen LogP contribution in [0.25, 0.3) is 0 Å². The third-order valence-electron chi connectivity index (χ3n) is 3.12. The maximum absolute atomic E-state index is 13.8. The summed E-state index contributed by atoms with van der Waals surface area (Å²) in [7, 11) is 1.62. The maximum Gasteiger partial charge on any atom is 0.248 e. The van der Waals surface area contributed by atoms with Gasteiger partial charge in [0.15, 0.2) is 0 Å². The third kappa shape index (κ3) is 3.92. The smallest absolute Gasteiger partial charge is 0.248 e. The van der Waals surface area contributed by atoms with Crippen molar-refractivity contribution in [3.63, 3.8) is 0 Å². The first-order valence-corrected chi connectivity index (χ1v) is 6.22. The van der Waals surface area contributed by atoms with E-state index < -0.39 is 11.7 Å². The van der Waals surface area contributed by atoms with Crippen LogP contribution >= 0.6 is 0 Å². The number of ether oxygens (including phenoxy) is 1. The van der Waals surface area contributed by atoms with Crippen molar-refractivity contribution >= 4 is 11.6 Å².